The molecular weight excluding hydrogens is 248 g/mol. The molecule has 0 aliphatic heterocycles. The number of aliphatic hydroxyl groups is 1. The molecule has 2 rings (SSSR count). The fourth-order valence-electron chi connectivity index (χ4n) is 2.16. The predicted molar refractivity (Wildman–Crippen MR) is 69.7 cm³/mol. The van der Waals surface area contributed by atoms with Gasteiger partial charge in [0.2, 0.25) is 0 Å². The summed E-state index contributed by atoms with van der Waals surface area (Å²) in [5, 5.41) is 27.5. The first-order valence-corrected chi connectivity index (χ1v) is 6.60. The minimum Gasteiger partial charge on any atom is -0.390 e. The molecule has 0 amide bonds. The molecule has 1 fully saturated rings. The summed E-state index contributed by atoms with van der Waals surface area (Å²) < 4.78 is 1.40. The Morgan fingerprint density at radius 3 is 2.95 bits per heavy atom. The van der Waals surface area contributed by atoms with Crippen molar-refractivity contribution in [1.29, 1.82) is 0 Å². The molecule has 7 heteroatoms. The van der Waals surface area contributed by atoms with Crippen molar-refractivity contribution in [3.8, 4) is 0 Å². The van der Waals surface area contributed by atoms with E-state index in [9.17, 15) is 15.2 Å². The van der Waals surface area contributed by atoms with Crippen molar-refractivity contribution in [3.63, 3.8) is 0 Å². The second-order valence-corrected chi connectivity index (χ2v) is 5.32. The Bertz CT molecular complexity index is 442. The number of rotatable bonds is 8. The smallest absolute Gasteiger partial charge is 0.306 e. The maximum absolute atomic E-state index is 10.5. The second-order valence-electron chi connectivity index (χ2n) is 5.32. The van der Waals surface area contributed by atoms with Crippen molar-refractivity contribution in [2.24, 2.45) is 5.41 Å². The minimum absolute atomic E-state index is 0.0527. The lowest BCUT2D eigenvalue weighted by Gasteiger charge is -2.16. The average Bonchev–Trinajstić information content (AvgIpc) is 2.99. The molecule has 1 aromatic heterocycles. The largest absolute Gasteiger partial charge is 0.390 e. The first-order chi connectivity index (χ1) is 9.04. The van der Waals surface area contributed by atoms with Gasteiger partial charge in [0.05, 0.1) is 17.6 Å². The van der Waals surface area contributed by atoms with Crippen molar-refractivity contribution in [3.05, 3.63) is 22.5 Å². The van der Waals surface area contributed by atoms with E-state index in [-0.39, 0.29) is 12.2 Å². The molecule has 1 heterocycles. The molecule has 7 nitrogen and oxygen atoms in total. The summed E-state index contributed by atoms with van der Waals surface area (Å²) in [5.74, 6) is 0. The topological polar surface area (TPSA) is 93.2 Å². The van der Waals surface area contributed by atoms with Gasteiger partial charge >= 0.3 is 5.69 Å². The van der Waals surface area contributed by atoms with Crippen LogP contribution in [0.3, 0.4) is 0 Å². The van der Waals surface area contributed by atoms with Crippen LogP contribution in [0, 0.1) is 15.5 Å². The maximum Gasteiger partial charge on any atom is 0.306 e. The van der Waals surface area contributed by atoms with Gasteiger partial charge in [-0.25, -0.2) is 0 Å². The molecule has 106 valence electrons. The van der Waals surface area contributed by atoms with Gasteiger partial charge in [-0.3, -0.25) is 14.8 Å². The third kappa shape index (κ3) is 3.74. The van der Waals surface area contributed by atoms with E-state index < -0.39 is 11.0 Å². The van der Waals surface area contributed by atoms with Crippen LogP contribution in [0.25, 0.3) is 0 Å². The van der Waals surface area contributed by atoms with Crippen molar-refractivity contribution >= 4 is 5.69 Å². The summed E-state index contributed by atoms with van der Waals surface area (Å²) in [5.41, 5.74) is 0.396. The van der Waals surface area contributed by atoms with Crippen LogP contribution in [-0.2, 0) is 6.54 Å². The van der Waals surface area contributed by atoms with E-state index in [1.165, 1.54) is 36.3 Å². The molecule has 1 aromatic rings. The summed E-state index contributed by atoms with van der Waals surface area (Å²) in [4.78, 5) is 10.0. The summed E-state index contributed by atoms with van der Waals surface area (Å²) >= 11 is 0. The van der Waals surface area contributed by atoms with E-state index in [1.54, 1.807) is 0 Å². The number of aromatic nitrogens is 2. The first-order valence-electron chi connectivity index (χ1n) is 6.60. The van der Waals surface area contributed by atoms with Gasteiger partial charge in [0, 0.05) is 13.1 Å². The Balaban J connectivity index is 1.71. The van der Waals surface area contributed by atoms with Crippen LogP contribution >= 0.6 is 0 Å². The molecule has 1 aliphatic carbocycles. The van der Waals surface area contributed by atoms with Gasteiger partial charge < -0.3 is 10.4 Å². The molecule has 1 atom stereocenters. The van der Waals surface area contributed by atoms with Gasteiger partial charge in [0.15, 0.2) is 0 Å². The summed E-state index contributed by atoms with van der Waals surface area (Å²) in [6.45, 7) is 3.86. The standard InChI is InChI=1S/C12H20N4O3/c1-2-12(3-4-12)9-13-6-11(17)8-15-7-10(5-14-15)16(18)19/h5,7,11,13,17H,2-4,6,8-9H2,1H3. The zero-order valence-electron chi connectivity index (χ0n) is 11.1. The van der Waals surface area contributed by atoms with Gasteiger partial charge in [-0.15, -0.1) is 0 Å². The van der Waals surface area contributed by atoms with Crippen LogP contribution in [0.2, 0.25) is 0 Å². The maximum atomic E-state index is 10.5. The van der Waals surface area contributed by atoms with E-state index in [0.29, 0.717) is 12.0 Å². The van der Waals surface area contributed by atoms with Crippen molar-refractivity contribution in [1.82, 2.24) is 15.1 Å². The zero-order chi connectivity index (χ0) is 13.9. The van der Waals surface area contributed by atoms with Crippen LogP contribution in [0.1, 0.15) is 26.2 Å². The third-order valence-electron chi connectivity index (χ3n) is 3.82. The summed E-state index contributed by atoms with van der Waals surface area (Å²) in [6.07, 6.45) is 5.62. The van der Waals surface area contributed by atoms with Gasteiger partial charge in [-0.1, -0.05) is 6.92 Å². The zero-order valence-corrected chi connectivity index (χ0v) is 11.1. The highest BCUT2D eigenvalue weighted by molar-refractivity contribution is 5.20. The molecule has 1 aliphatic rings. The normalized spacial score (nSPS) is 18.2. The number of nitrogens with one attached hydrogen (secondary N) is 1. The number of nitro groups is 1. The number of hydrogen-bond acceptors (Lipinski definition) is 5. The lowest BCUT2D eigenvalue weighted by molar-refractivity contribution is -0.385. The van der Waals surface area contributed by atoms with E-state index >= 15 is 0 Å². The van der Waals surface area contributed by atoms with E-state index in [2.05, 4.69) is 17.3 Å². The van der Waals surface area contributed by atoms with Gasteiger partial charge in [0.25, 0.3) is 0 Å². The Labute approximate surface area is 111 Å². The number of nitrogens with zero attached hydrogens (tertiary/aromatic N) is 3. The van der Waals surface area contributed by atoms with Gasteiger partial charge in [0.1, 0.15) is 12.4 Å². The molecule has 0 aromatic carbocycles. The highest BCUT2D eigenvalue weighted by atomic mass is 16.6. The molecule has 0 radical (unpaired) electrons. The van der Waals surface area contributed by atoms with Gasteiger partial charge in [-0.05, 0) is 24.7 Å². The SMILES string of the molecule is CCC1(CNCC(O)Cn2cc([N+](=O)[O-])cn2)CC1. The van der Waals surface area contributed by atoms with Crippen molar-refractivity contribution in [2.45, 2.75) is 38.8 Å². The highest BCUT2D eigenvalue weighted by Gasteiger charge is 2.39. The van der Waals surface area contributed by atoms with E-state index in [0.717, 1.165) is 6.54 Å². The molecular formula is C12H20N4O3. The minimum atomic E-state index is -0.591. The summed E-state index contributed by atoms with van der Waals surface area (Å²) in [6, 6.07) is 0. The quantitative estimate of drug-likeness (QED) is 0.540. The second kappa shape index (κ2) is 5.66. The van der Waals surface area contributed by atoms with E-state index in [1.807, 2.05) is 0 Å². The lowest BCUT2D eigenvalue weighted by atomic mass is 10.0. The lowest BCUT2D eigenvalue weighted by Crippen LogP contribution is -2.34. The molecule has 1 unspecified atom stereocenters. The van der Waals surface area contributed by atoms with Crippen LogP contribution < -0.4 is 5.32 Å². The Morgan fingerprint density at radius 2 is 2.42 bits per heavy atom. The fraction of sp³-hybridized carbons (Fsp3) is 0.750. The molecule has 0 bridgehead atoms. The Kier molecular flexibility index (Phi) is 4.16. The molecule has 0 saturated heterocycles. The number of hydrogen-bond donors (Lipinski definition) is 2. The van der Waals surface area contributed by atoms with Crippen molar-refractivity contribution in [2.75, 3.05) is 13.1 Å². The number of aliphatic hydroxyl groups excluding tert-OH is 1. The van der Waals surface area contributed by atoms with Crippen molar-refractivity contribution < 1.29 is 10.0 Å². The Hall–Kier alpha value is -1.47. The van der Waals surface area contributed by atoms with Crippen LogP contribution in [0.15, 0.2) is 12.4 Å². The fourth-order valence-corrected chi connectivity index (χ4v) is 2.16. The highest BCUT2D eigenvalue weighted by Crippen LogP contribution is 2.47. The molecule has 2 N–H and O–H groups in total. The average molecular weight is 268 g/mol. The summed E-state index contributed by atoms with van der Waals surface area (Å²) in [7, 11) is 0. The van der Waals surface area contributed by atoms with Gasteiger partial charge in [-0.2, -0.15) is 5.10 Å². The molecule has 1 saturated carbocycles. The molecule has 0 spiro atoms. The predicted octanol–water partition coefficient (Wildman–Crippen LogP) is 0.932. The Morgan fingerprint density at radius 1 is 1.68 bits per heavy atom. The monoisotopic (exact) mass is 268 g/mol. The van der Waals surface area contributed by atoms with Crippen LogP contribution in [0.4, 0.5) is 5.69 Å². The van der Waals surface area contributed by atoms with E-state index in [4.69, 9.17) is 0 Å². The first kappa shape index (κ1) is 14.0. The van der Waals surface area contributed by atoms with Crippen LogP contribution in [0.5, 0.6) is 0 Å². The molecule has 19 heavy (non-hydrogen) atoms. The third-order valence-corrected chi connectivity index (χ3v) is 3.82. The van der Waals surface area contributed by atoms with Crippen LogP contribution in [-0.4, -0.2) is 39.0 Å².